The molecule has 0 fully saturated rings. The van der Waals surface area contributed by atoms with E-state index in [2.05, 4.69) is 6.92 Å². The summed E-state index contributed by atoms with van der Waals surface area (Å²) in [6, 6.07) is 12.2. The summed E-state index contributed by atoms with van der Waals surface area (Å²) in [5.74, 6) is -0.144. The average molecular weight is 409 g/mol. The predicted octanol–water partition coefficient (Wildman–Crippen LogP) is 7.92. The van der Waals surface area contributed by atoms with Crippen LogP contribution in [0.25, 0.3) is 0 Å². The largest absolute Gasteiger partial charge is 0.289 e. The number of carbonyl (C=O) groups excluding carboxylic acids is 1. The molecule has 2 rings (SSSR count). The maximum absolute atomic E-state index is 12.6. The lowest BCUT2D eigenvalue weighted by Crippen LogP contribution is -2.02. The fourth-order valence-electron chi connectivity index (χ4n) is 2.91. The predicted molar refractivity (Wildman–Crippen MR) is 110 cm³/mol. The molecule has 0 bridgehead atoms. The van der Waals surface area contributed by atoms with Gasteiger partial charge in [0, 0.05) is 16.1 Å². The first-order valence-corrected chi connectivity index (χ1v) is 10.6. The van der Waals surface area contributed by atoms with Crippen molar-refractivity contribution in [2.24, 2.45) is 0 Å². The van der Waals surface area contributed by atoms with E-state index in [1.54, 1.807) is 30.3 Å². The van der Waals surface area contributed by atoms with Gasteiger partial charge in [-0.15, -0.1) is 0 Å². The average Bonchev–Trinajstić information content (AvgIpc) is 2.64. The lowest BCUT2D eigenvalue weighted by Gasteiger charge is -2.11. The second kappa shape index (κ2) is 10.8. The second-order valence-electron chi connectivity index (χ2n) is 6.40. The van der Waals surface area contributed by atoms with Crippen LogP contribution < -0.4 is 0 Å². The van der Waals surface area contributed by atoms with Crippen LogP contribution in [0.4, 0.5) is 0 Å². The Bertz CT molecular complexity index is 744. The van der Waals surface area contributed by atoms with Crippen molar-refractivity contribution < 1.29 is 9.36 Å². The van der Waals surface area contributed by atoms with E-state index >= 15 is 0 Å². The highest BCUT2D eigenvalue weighted by molar-refractivity contribution is 7.24. The SMILES string of the molecule is CCCCCCCC(P=O)c1ccc(C(=O)c2ccc(Cl)cc2Cl)cc1. The topological polar surface area (TPSA) is 34.1 Å². The summed E-state index contributed by atoms with van der Waals surface area (Å²) in [6.45, 7) is 2.19. The molecule has 5 heteroatoms. The molecule has 0 radical (unpaired) electrons. The van der Waals surface area contributed by atoms with E-state index in [9.17, 15) is 9.36 Å². The number of benzene rings is 2. The molecule has 2 aromatic rings. The highest BCUT2D eigenvalue weighted by Gasteiger charge is 2.15. The maximum atomic E-state index is 12.6. The maximum Gasteiger partial charge on any atom is 0.194 e. The molecule has 0 amide bonds. The van der Waals surface area contributed by atoms with Crippen molar-refractivity contribution >= 4 is 37.4 Å². The fraction of sp³-hybridized carbons (Fsp3) is 0.381. The fourth-order valence-corrected chi connectivity index (χ4v) is 3.98. The Labute approximate surface area is 167 Å². The van der Waals surface area contributed by atoms with Crippen LogP contribution in [0, 0.1) is 0 Å². The van der Waals surface area contributed by atoms with E-state index in [4.69, 9.17) is 23.2 Å². The molecule has 1 atom stereocenters. The van der Waals surface area contributed by atoms with E-state index in [0.29, 0.717) is 21.2 Å². The molecule has 0 aliphatic heterocycles. The minimum Gasteiger partial charge on any atom is -0.289 e. The molecular weight excluding hydrogens is 386 g/mol. The molecule has 0 aromatic heterocycles. The van der Waals surface area contributed by atoms with Crippen LogP contribution in [0.1, 0.15) is 72.6 Å². The minimum atomic E-state index is -0.144. The van der Waals surface area contributed by atoms with Crippen molar-refractivity contribution in [2.75, 3.05) is 0 Å². The van der Waals surface area contributed by atoms with Crippen molar-refractivity contribution in [3.8, 4) is 0 Å². The third kappa shape index (κ3) is 5.91. The molecule has 26 heavy (non-hydrogen) atoms. The zero-order chi connectivity index (χ0) is 18.9. The first kappa shape index (κ1) is 21.1. The Morgan fingerprint density at radius 3 is 2.31 bits per heavy atom. The zero-order valence-electron chi connectivity index (χ0n) is 14.9. The molecular formula is C21H23Cl2O2P. The van der Waals surface area contributed by atoms with E-state index < -0.39 is 0 Å². The molecule has 138 valence electrons. The molecule has 0 N–H and O–H groups in total. The summed E-state index contributed by atoms with van der Waals surface area (Å²) in [6.07, 6.45) is 6.84. The van der Waals surface area contributed by atoms with Gasteiger partial charge in [0.05, 0.1) is 10.7 Å². The highest BCUT2D eigenvalue weighted by atomic mass is 35.5. The Kier molecular flexibility index (Phi) is 8.78. The lowest BCUT2D eigenvalue weighted by atomic mass is 9.99. The molecule has 0 aliphatic carbocycles. The van der Waals surface area contributed by atoms with E-state index in [1.807, 2.05) is 12.1 Å². The van der Waals surface area contributed by atoms with Crippen molar-refractivity contribution in [1.29, 1.82) is 0 Å². The van der Waals surface area contributed by atoms with Gasteiger partial charge >= 0.3 is 0 Å². The Morgan fingerprint density at radius 2 is 1.69 bits per heavy atom. The molecule has 0 saturated heterocycles. The molecule has 2 nitrogen and oxygen atoms in total. The van der Waals surface area contributed by atoms with Crippen LogP contribution in [0.15, 0.2) is 42.5 Å². The third-order valence-electron chi connectivity index (χ3n) is 4.44. The molecule has 0 spiro atoms. The van der Waals surface area contributed by atoms with Gasteiger partial charge in [0.2, 0.25) is 0 Å². The van der Waals surface area contributed by atoms with Gasteiger partial charge in [0.25, 0.3) is 0 Å². The summed E-state index contributed by atoms with van der Waals surface area (Å²) in [5.41, 5.74) is 1.97. The molecule has 1 unspecified atom stereocenters. The van der Waals surface area contributed by atoms with Gasteiger partial charge in [0.1, 0.15) is 0 Å². The summed E-state index contributed by atoms with van der Waals surface area (Å²) < 4.78 is 11.5. The van der Waals surface area contributed by atoms with Crippen LogP contribution in [0.3, 0.4) is 0 Å². The van der Waals surface area contributed by atoms with E-state index in [0.717, 1.165) is 18.4 Å². The Balaban J connectivity index is 2.04. The number of unbranched alkanes of at least 4 members (excludes halogenated alkanes) is 4. The van der Waals surface area contributed by atoms with Crippen molar-refractivity contribution in [3.63, 3.8) is 0 Å². The summed E-state index contributed by atoms with van der Waals surface area (Å²) in [4.78, 5) is 12.6. The minimum absolute atomic E-state index is 0.0140. The summed E-state index contributed by atoms with van der Waals surface area (Å²) >= 11 is 12.0. The number of ketones is 1. The first-order valence-electron chi connectivity index (χ1n) is 8.99. The first-order chi connectivity index (χ1) is 12.6. The van der Waals surface area contributed by atoms with Crippen LogP contribution in [-0.2, 0) is 4.57 Å². The van der Waals surface area contributed by atoms with E-state index in [-0.39, 0.29) is 19.9 Å². The lowest BCUT2D eigenvalue weighted by molar-refractivity contribution is 0.103. The second-order valence-corrected chi connectivity index (χ2v) is 8.08. The van der Waals surface area contributed by atoms with Crippen molar-refractivity contribution in [1.82, 2.24) is 0 Å². The van der Waals surface area contributed by atoms with Crippen LogP contribution in [-0.4, -0.2) is 5.78 Å². The molecule has 0 heterocycles. The van der Waals surface area contributed by atoms with Crippen LogP contribution in [0.2, 0.25) is 10.0 Å². The number of halogens is 2. The van der Waals surface area contributed by atoms with Gasteiger partial charge in [0.15, 0.2) is 14.2 Å². The Morgan fingerprint density at radius 1 is 1.00 bits per heavy atom. The standard InChI is InChI=1S/C21H23Cl2O2P/c1-2-3-4-5-6-7-20(26-25)15-8-10-16(11-9-15)21(24)18-13-12-17(22)14-19(18)23/h8-14,20H,2-7H2,1H3. The van der Waals surface area contributed by atoms with Gasteiger partial charge in [-0.1, -0.05) is 86.5 Å². The van der Waals surface area contributed by atoms with Gasteiger partial charge in [-0.05, 0) is 30.2 Å². The number of hydrogen-bond donors (Lipinski definition) is 0. The number of carbonyl (C=O) groups is 1. The van der Waals surface area contributed by atoms with Crippen molar-refractivity contribution in [3.05, 3.63) is 69.2 Å². The monoisotopic (exact) mass is 408 g/mol. The van der Waals surface area contributed by atoms with Gasteiger partial charge in [-0.25, -0.2) is 0 Å². The number of hydrogen-bond acceptors (Lipinski definition) is 2. The van der Waals surface area contributed by atoms with Gasteiger partial charge in [-0.3, -0.25) is 9.36 Å². The smallest absolute Gasteiger partial charge is 0.194 e. The summed E-state index contributed by atoms with van der Waals surface area (Å²) in [7, 11) is 0.130. The van der Waals surface area contributed by atoms with Crippen LogP contribution in [0.5, 0.6) is 0 Å². The quantitative estimate of drug-likeness (QED) is 0.227. The highest BCUT2D eigenvalue weighted by Crippen LogP contribution is 2.33. The molecule has 0 saturated carbocycles. The Hall–Kier alpha value is -1.21. The normalized spacial score (nSPS) is 12.3. The zero-order valence-corrected chi connectivity index (χ0v) is 17.3. The van der Waals surface area contributed by atoms with Crippen LogP contribution >= 0.6 is 31.7 Å². The van der Waals surface area contributed by atoms with E-state index in [1.165, 1.54) is 25.7 Å². The molecule has 0 aliphatic rings. The third-order valence-corrected chi connectivity index (χ3v) is 5.80. The van der Waals surface area contributed by atoms with Gasteiger partial charge in [-0.2, -0.15) is 0 Å². The molecule has 2 aromatic carbocycles. The van der Waals surface area contributed by atoms with Gasteiger partial charge < -0.3 is 0 Å². The van der Waals surface area contributed by atoms with Crippen molar-refractivity contribution in [2.45, 2.75) is 51.1 Å². The number of rotatable bonds is 10. The summed E-state index contributed by atoms with van der Waals surface area (Å²) in [5, 5.41) is 0.840.